The van der Waals surface area contributed by atoms with E-state index in [0.29, 0.717) is 5.82 Å². The highest BCUT2D eigenvalue weighted by Crippen LogP contribution is 2.33. The van der Waals surface area contributed by atoms with Gasteiger partial charge in [-0.05, 0) is 57.5 Å². The highest BCUT2D eigenvalue weighted by atomic mass is 32.1. The lowest BCUT2D eigenvalue weighted by atomic mass is 10.2. The fourth-order valence-corrected chi connectivity index (χ4v) is 4.93. The standard InChI is InChI=1S/C20H19N5OS2/c1-10-13(4)27-20-16(10)18(21-9-22-20)25-24-12(3)17-11(2)23-19(28-17)14-5-7-15(26)8-6-14/h5-9,26H,1-4H3,(H,21,22,25)/b24-12+. The smallest absolute Gasteiger partial charge is 0.158 e. The number of thiophene rings is 1. The summed E-state index contributed by atoms with van der Waals surface area (Å²) in [6, 6.07) is 7.06. The Labute approximate surface area is 170 Å². The van der Waals surface area contributed by atoms with E-state index in [1.165, 1.54) is 10.4 Å². The number of nitrogens with zero attached hydrogens (tertiary/aromatic N) is 4. The Bertz CT molecular complexity index is 1190. The summed E-state index contributed by atoms with van der Waals surface area (Å²) in [6.45, 7) is 8.10. The monoisotopic (exact) mass is 409 g/mol. The Morgan fingerprint density at radius 1 is 1.07 bits per heavy atom. The van der Waals surface area contributed by atoms with E-state index in [0.717, 1.165) is 37.1 Å². The number of phenols is 1. The van der Waals surface area contributed by atoms with Crippen LogP contribution in [0.2, 0.25) is 0 Å². The van der Waals surface area contributed by atoms with Crippen LogP contribution in [0.4, 0.5) is 5.82 Å². The summed E-state index contributed by atoms with van der Waals surface area (Å²) >= 11 is 3.24. The van der Waals surface area contributed by atoms with Gasteiger partial charge in [0.05, 0.1) is 21.7 Å². The number of aromatic nitrogens is 3. The van der Waals surface area contributed by atoms with E-state index in [1.54, 1.807) is 41.1 Å². The fraction of sp³-hybridized carbons (Fsp3) is 0.200. The molecule has 142 valence electrons. The SMILES string of the molecule is C/C(=N\Nc1ncnc2sc(C)c(C)c12)c1sc(-c2ccc(O)cc2)nc1C. The summed E-state index contributed by atoms with van der Waals surface area (Å²) in [5, 5.41) is 16.0. The number of phenolic OH excluding ortho intramolecular Hbond substituents is 1. The molecule has 0 fully saturated rings. The molecule has 3 aromatic heterocycles. The molecule has 0 amide bonds. The van der Waals surface area contributed by atoms with Crippen LogP contribution in [0.25, 0.3) is 20.8 Å². The van der Waals surface area contributed by atoms with E-state index in [4.69, 9.17) is 0 Å². The molecule has 1 aromatic carbocycles. The quantitative estimate of drug-likeness (QED) is 0.354. The summed E-state index contributed by atoms with van der Waals surface area (Å²) in [6.07, 6.45) is 1.56. The molecule has 0 saturated carbocycles. The number of aryl methyl sites for hydroxylation is 3. The van der Waals surface area contributed by atoms with Gasteiger partial charge in [-0.2, -0.15) is 5.10 Å². The van der Waals surface area contributed by atoms with Gasteiger partial charge < -0.3 is 5.11 Å². The number of anilines is 1. The molecule has 28 heavy (non-hydrogen) atoms. The molecule has 3 heterocycles. The third-order valence-corrected chi connectivity index (χ3v) is 6.96. The lowest BCUT2D eigenvalue weighted by molar-refractivity contribution is 0.475. The minimum atomic E-state index is 0.245. The van der Waals surface area contributed by atoms with Gasteiger partial charge in [-0.25, -0.2) is 15.0 Å². The summed E-state index contributed by atoms with van der Waals surface area (Å²) in [5.74, 6) is 0.960. The van der Waals surface area contributed by atoms with Gasteiger partial charge in [0.15, 0.2) is 5.82 Å². The van der Waals surface area contributed by atoms with Crippen molar-refractivity contribution in [3.63, 3.8) is 0 Å². The number of hydrogen-bond acceptors (Lipinski definition) is 8. The molecule has 0 spiro atoms. The third kappa shape index (κ3) is 3.36. The van der Waals surface area contributed by atoms with E-state index < -0.39 is 0 Å². The summed E-state index contributed by atoms with van der Waals surface area (Å²) in [7, 11) is 0. The van der Waals surface area contributed by atoms with Crippen molar-refractivity contribution in [1.29, 1.82) is 0 Å². The van der Waals surface area contributed by atoms with Crippen LogP contribution >= 0.6 is 22.7 Å². The number of fused-ring (bicyclic) bond motifs is 1. The zero-order valence-electron chi connectivity index (χ0n) is 15.9. The zero-order chi connectivity index (χ0) is 19.8. The molecule has 0 aliphatic carbocycles. The second kappa shape index (κ2) is 7.29. The van der Waals surface area contributed by atoms with Crippen molar-refractivity contribution in [2.45, 2.75) is 27.7 Å². The first kappa shape index (κ1) is 18.5. The minimum Gasteiger partial charge on any atom is -0.508 e. The summed E-state index contributed by atoms with van der Waals surface area (Å²) in [4.78, 5) is 16.6. The lowest BCUT2D eigenvalue weighted by Crippen LogP contribution is -2.01. The molecule has 0 atom stereocenters. The average molecular weight is 410 g/mol. The Balaban J connectivity index is 1.64. The molecular weight excluding hydrogens is 390 g/mol. The lowest BCUT2D eigenvalue weighted by Gasteiger charge is -2.04. The Hall–Kier alpha value is -2.84. The van der Waals surface area contributed by atoms with Crippen molar-refractivity contribution >= 4 is 44.4 Å². The topological polar surface area (TPSA) is 83.3 Å². The van der Waals surface area contributed by atoms with Crippen LogP contribution in [0.5, 0.6) is 5.75 Å². The maximum atomic E-state index is 9.47. The van der Waals surface area contributed by atoms with E-state index >= 15 is 0 Å². The second-order valence-electron chi connectivity index (χ2n) is 6.48. The molecule has 0 aliphatic heterocycles. The van der Waals surface area contributed by atoms with Crippen molar-refractivity contribution in [2.75, 3.05) is 5.43 Å². The molecule has 0 saturated heterocycles. The average Bonchev–Trinajstić information content (AvgIpc) is 3.21. The first-order valence-electron chi connectivity index (χ1n) is 8.72. The fourth-order valence-electron chi connectivity index (χ4n) is 2.91. The number of benzene rings is 1. The number of hydrogen-bond donors (Lipinski definition) is 2. The maximum Gasteiger partial charge on any atom is 0.158 e. The van der Waals surface area contributed by atoms with E-state index in [9.17, 15) is 5.11 Å². The molecule has 6 nitrogen and oxygen atoms in total. The van der Waals surface area contributed by atoms with Crippen molar-refractivity contribution < 1.29 is 5.11 Å². The number of thiazole rings is 1. The molecule has 2 N–H and O–H groups in total. The number of aromatic hydroxyl groups is 1. The third-order valence-electron chi connectivity index (χ3n) is 4.53. The largest absolute Gasteiger partial charge is 0.508 e. The van der Waals surface area contributed by atoms with Crippen molar-refractivity contribution in [1.82, 2.24) is 15.0 Å². The Morgan fingerprint density at radius 2 is 1.82 bits per heavy atom. The first-order chi connectivity index (χ1) is 13.4. The highest BCUT2D eigenvalue weighted by molar-refractivity contribution is 7.18. The second-order valence-corrected chi connectivity index (χ2v) is 8.68. The van der Waals surface area contributed by atoms with Crippen LogP contribution in [0.15, 0.2) is 35.7 Å². The molecule has 8 heteroatoms. The van der Waals surface area contributed by atoms with E-state index in [2.05, 4.69) is 39.3 Å². The van der Waals surface area contributed by atoms with Gasteiger partial charge in [0.1, 0.15) is 21.9 Å². The van der Waals surface area contributed by atoms with Gasteiger partial charge in [-0.1, -0.05) is 0 Å². The maximum absolute atomic E-state index is 9.47. The van der Waals surface area contributed by atoms with Crippen LogP contribution < -0.4 is 5.43 Å². The van der Waals surface area contributed by atoms with E-state index in [1.807, 2.05) is 26.0 Å². The molecule has 0 bridgehead atoms. The predicted molar refractivity (Wildman–Crippen MR) is 117 cm³/mol. The zero-order valence-corrected chi connectivity index (χ0v) is 17.6. The minimum absolute atomic E-state index is 0.245. The summed E-state index contributed by atoms with van der Waals surface area (Å²) < 4.78 is 0. The van der Waals surface area contributed by atoms with Gasteiger partial charge in [0.2, 0.25) is 0 Å². The van der Waals surface area contributed by atoms with Crippen LogP contribution in [-0.4, -0.2) is 25.8 Å². The van der Waals surface area contributed by atoms with Crippen LogP contribution in [0.3, 0.4) is 0 Å². The van der Waals surface area contributed by atoms with Crippen LogP contribution in [0.1, 0.15) is 27.9 Å². The summed E-state index contributed by atoms with van der Waals surface area (Å²) in [5.41, 5.74) is 7.03. The molecule has 0 radical (unpaired) electrons. The van der Waals surface area contributed by atoms with Crippen molar-refractivity contribution in [3.8, 4) is 16.3 Å². The highest BCUT2D eigenvalue weighted by Gasteiger charge is 2.14. The molecule has 0 unspecified atom stereocenters. The number of rotatable bonds is 4. The van der Waals surface area contributed by atoms with Gasteiger partial charge in [-0.15, -0.1) is 22.7 Å². The van der Waals surface area contributed by atoms with Crippen LogP contribution in [0, 0.1) is 20.8 Å². The molecule has 4 rings (SSSR count). The van der Waals surface area contributed by atoms with Gasteiger partial charge in [0.25, 0.3) is 0 Å². The normalized spacial score (nSPS) is 11.9. The Kier molecular flexibility index (Phi) is 4.82. The molecular formula is C20H19N5OS2. The van der Waals surface area contributed by atoms with Crippen LogP contribution in [-0.2, 0) is 0 Å². The van der Waals surface area contributed by atoms with Gasteiger partial charge >= 0.3 is 0 Å². The number of hydrazone groups is 1. The van der Waals surface area contributed by atoms with Gasteiger partial charge in [-0.3, -0.25) is 5.43 Å². The van der Waals surface area contributed by atoms with Gasteiger partial charge in [0, 0.05) is 10.4 Å². The predicted octanol–water partition coefficient (Wildman–Crippen LogP) is 5.28. The number of nitrogens with one attached hydrogen (secondary N) is 1. The Morgan fingerprint density at radius 3 is 2.57 bits per heavy atom. The van der Waals surface area contributed by atoms with Crippen molar-refractivity contribution in [2.24, 2.45) is 5.10 Å². The van der Waals surface area contributed by atoms with Crippen molar-refractivity contribution in [3.05, 3.63) is 51.6 Å². The first-order valence-corrected chi connectivity index (χ1v) is 10.4. The molecule has 0 aliphatic rings. The van der Waals surface area contributed by atoms with E-state index in [-0.39, 0.29) is 5.75 Å². The molecule has 4 aromatic rings.